The normalized spacial score (nSPS) is 15.3. The molecular weight excluding hydrogens is 448 g/mol. The van der Waals surface area contributed by atoms with E-state index in [1.54, 1.807) is 35.2 Å². The van der Waals surface area contributed by atoms with Crippen LogP contribution < -0.4 is 24.3 Å². The van der Waals surface area contributed by atoms with E-state index in [1.807, 2.05) is 6.92 Å². The summed E-state index contributed by atoms with van der Waals surface area (Å²) in [5, 5.41) is 3.27. The Labute approximate surface area is 197 Å². The molecule has 0 radical (unpaired) electrons. The third-order valence-electron chi connectivity index (χ3n) is 5.72. The lowest BCUT2D eigenvalue weighted by atomic mass is 9.95. The third kappa shape index (κ3) is 5.11. The van der Waals surface area contributed by atoms with Gasteiger partial charge in [0.15, 0.2) is 23.0 Å². The van der Waals surface area contributed by atoms with Gasteiger partial charge in [0.2, 0.25) is 12.7 Å². The van der Waals surface area contributed by atoms with Gasteiger partial charge in [-0.3, -0.25) is 9.59 Å². The van der Waals surface area contributed by atoms with E-state index in [1.165, 1.54) is 7.11 Å². The summed E-state index contributed by atoms with van der Waals surface area (Å²) in [4.78, 5) is 27.5. The van der Waals surface area contributed by atoms with Gasteiger partial charge in [-0.15, -0.1) is 0 Å². The van der Waals surface area contributed by atoms with E-state index in [-0.39, 0.29) is 24.5 Å². The van der Waals surface area contributed by atoms with Crippen molar-refractivity contribution in [2.45, 2.75) is 26.2 Å². The van der Waals surface area contributed by atoms with Crippen molar-refractivity contribution in [2.75, 3.05) is 38.9 Å². The van der Waals surface area contributed by atoms with Crippen LogP contribution >= 0.6 is 11.6 Å². The highest BCUT2D eigenvalue weighted by Gasteiger charge is 2.29. The lowest BCUT2D eigenvalue weighted by Gasteiger charge is -2.31. The van der Waals surface area contributed by atoms with Crippen molar-refractivity contribution >= 4 is 29.1 Å². The maximum absolute atomic E-state index is 13.1. The van der Waals surface area contributed by atoms with E-state index in [9.17, 15) is 9.59 Å². The Bertz CT molecular complexity index is 1040. The Balaban J connectivity index is 1.36. The number of fused-ring (bicyclic) bond motifs is 1. The number of methoxy groups -OCH3 is 1. The first-order chi connectivity index (χ1) is 16.0. The van der Waals surface area contributed by atoms with Gasteiger partial charge >= 0.3 is 0 Å². The van der Waals surface area contributed by atoms with Gasteiger partial charge < -0.3 is 29.2 Å². The van der Waals surface area contributed by atoms with Crippen LogP contribution in [-0.4, -0.2) is 50.3 Å². The fraction of sp³-hybridized carbons (Fsp3) is 0.417. The van der Waals surface area contributed by atoms with Gasteiger partial charge in [0.05, 0.1) is 18.7 Å². The second-order valence-electron chi connectivity index (χ2n) is 7.96. The van der Waals surface area contributed by atoms with Crippen LogP contribution in [-0.2, 0) is 4.79 Å². The van der Waals surface area contributed by atoms with E-state index >= 15 is 0 Å². The minimum Gasteiger partial charge on any atom is -0.493 e. The molecule has 1 fully saturated rings. The van der Waals surface area contributed by atoms with Crippen LogP contribution in [0.4, 0.5) is 5.69 Å². The number of rotatable bonds is 7. The minimum absolute atomic E-state index is 0.0666. The number of hydrogen-bond acceptors (Lipinski definition) is 6. The van der Waals surface area contributed by atoms with Gasteiger partial charge in [-0.2, -0.15) is 0 Å². The molecule has 2 aromatic carbocycles. The minimum atomic E-state index is -0.178. The van der Waals surface area contributed by atoms with Crippen LogP contribution in [0.2, 0.25) is 5.02 Å². The molecule has 2 amide bonds. The first kappa shape index (κ1) is 23.0. The zero-order valence-corrected chi connectivity index (χ0v) is 19.4. The second kappa shape index (κ2) is 10.2. The summed E-state index contributed by atoms with van der Waals surface area (Å²) >= 11 is 6.36. The number of nitrogens with one attached hydrogen (secondary N) is 1. The number of likely N-dealkylation sites (tertiary alicyclic amines) is 1. The first-order valence-corrected chi connectivity index (χ1v) is 11.4. The van der Waals surface area contributed by atoms with Gasteiger partial charge in [0, 0.05) is 36.3 Å². The maximum atomic E-state index is 13.1. The van der Waals surface area contributed by atoms with E-state index in [0.717, 1.165) is 6.42 Å². The number of piperidine rings is 1. The summed E-state index contributed by atoms with van der Waals surface area (Å²) in [6, 6.07) is 8.57. The monoisotopic (exact) mass is 474 g/mol. The van der Waals surface area contributed by atoms with Gasteiger partial charge in [-0.1, -0.05) is 18.5 Å². The zero-order chi connectivity index (χ0) is 23.4. The fourth-order valence-corrected chi connectivity index (χ4v) is 4.20. The molecule has 0 aromatic heterocycles. The van der Waals surface area contributed by atoms with Gasteiger partial charge in [0.25, 0.3) is 5.91 Å². The number of benzene rings is 2. The van der Waals surface area contributed by atoms with Crippen molar-refractivity contribution in [3.05, 3.63) is 40.9 Å². The summed E-state index contributed by atoms with van der Waals surface area (Å²) < 4.78 is 21.7. The molecule has 1 N–H and O–H groups in total. The van der Waals surface area contributed by atoms with Crippen molar-refractivity contribution < 1.29 is 28.5 Å². The molecule has 2 aliphatic heterocycles. The van der Waals surface area contributed by atoms with Crippen molar-refractivity contribution in [2.24, 2.45) is 5.92 Å². The maximum Gasteiger partial charge on any atom is 0.254 e. The fourth-order valence-electron chi connectivity index (χ4n) is 3.93. The molecule has 0 saturated carbocycles. The number of carbonyl (C=O) groups excluding carboxylic acids is 2. The number of nitrogens with zero attached hydrogens (tertiary/aromatic N) is 1. The lowest BCUT2D eigenvalue weighted by Crippen LogP contribution is -2.41. The SMILES string of the molecule is CCCOc1c(Cl)cc(C(=O)N2CCC(C(=O)Nc3ccc4c(c3)OCO4)CC2)cc1OC. The Hall–Kier alpha value is -3.13. The Morgan fingerprint density at radius 2 is 1.91 bits per heavy atom. The summed E-state index contributed by atoms with van der Waals surface area (Å²) in [6.07, 6.45) is 1.98. The number of amides is 2. The molecule has 9 heteroatoms. The van der Waals surface area contributed by atoms with E-state index < -0.39 is 0 Å². The average molecular weight is 475 g/mol. The predicted molar refractivity (Wildman–Crippen MR) is 124 cm³/mol. The molecule has 176 valence electrons. The van der Waals surface area contributed by atoms with E-state index in [0.29, 0.717) is 71.8 Å². The van der Waals surface area contributed by atoms with Gasteiger partial charge in [-0.25, -0.2) is 0 Å². The topological polar surface area (TPSA) is 86.3 Å². The number of anilines is 1. The molecule has 0 bridgehead atoms. The summed E-state index contributed by atoms with van der Waals surface area (Å²) in [6.45, 7) is 3.64. The number of hydrogen-bond donors (Lipinski definition) is 1. The smallest absolute Gasteiger partial charge is 0.254 e. The zero-order valence-electron chi connectivity index (χ0n) is 18.7. The predicted octanol–water partition coefficient (Wildman–Crippen LogP) is 4.36. The summed E-state index contributed by atoms with van der Waals surface area (Å²) in [5.74, 6) is 1.76. The van der Waals surface area contributed by atoms with E-state index in [4.69, 9.17) is 30.5 Å². The van der Waals surface area contributed by atoms with E-state index in [2.05, 4.69) is 5.32 Å². The first-order valence-electron chi connectivity index (χ1n) is 11.0. The Morgan fingerprint density at radius 3 is 2.64 bits per heavy atom. The van der Waals surface area contributed by atoms with Crippen LogP contribution in [0.5, 0.6) is 23.0 Å². The highest BCUT2D eigenvalue weighted by atomic mass is 35.5. The van der Waals surface area contributed by atoms with Crippen molar-refractivity contribution in [1.29, 1.82) is 0 Å². The van der Waals surface area contributed by atoms with Crippen molar-refractivity contribution in [1.82, 2.24) is 4.90 Å². The van der Waals surface area contributed by atoms with Crippen LogP contribution in [0, 0.1) is 5.92 Å². The Morgan fingerprint density at radius 1 is 1.15 bits per heavy atom. The lowest BCUT2D eigenvalue weighted by molar-refractivity contribution is -0.121. The molecule has 0 spiro atoms. The molecule has 0 atom stereocenters. The quantitative estimate of drug-likeness (QED) is 0.641. The summed E-state index contributed by atoms with van der Waals surface area (Å²) in [5.41, 5.74) is 1.10. The Kier molecular flexibility index (Phi) is 7.13. The molecule has 2 aromatic rings. The molecule has 0 aliphatic carbocycles. The molecule has 33 heavy (non-hydrogen) atoms. The largest absolute Gasteiger partial charge is 0.493 e. The molecule has 2 heterocycles. The third-order valence-corrected chi connectivity index (χ3v) is 6.00. The second-order valence-corrected chi connectivity index (χ2v) is 8.37. The van der Waals surface area contributed by atoms with Crippen LogP contribution in [0.3, 0.4) is 0 Å². The summed E-state index contributed by atoms with van der Waals surface area (Å²) in [7, 11) is 1.52. The molecule has 8 nitrogen and oxygen atoms in total. The molecule has 0 unspecified atom stereocenters. The average Bonchev–Trinajstić information content (AvgIpc) is 3.30. The van der Waals surface area contributed by atoms with Crippen LogP contribution in [0.25, 0.3) is 0 Å². The molecular formula is C24H27ClN2O6. The number of carbonyl (C=O) groups is 2. The van der Waals surface area contributed by atoms with Crippen LogP contribution in [0.15, 0.2) is 30.3 Å². The van der Waals surface area contributed by atoms with Crippen molar-refractivity contribution in [3.63, 3.8) is 0 Å². The van der Waals surface area contributed by atoms with Crippen molar-refractivity contribution in [3.8, 4) is 23.0 Å². The highest BCUT2D eigenvalue weighted by molar-refractivity contribution is 6.32. The molecule has 2 aliphatic rings. The van der Waals surface area contributed by atoms with Crippen LogP contribution in [0.1, 0.15) is 36.5 Å². The van der Waals surface area contributed by atoms with Gasteiger partial charge in [-0.05, 0) is 43.5 Å². The van der Waals surface area contributed by atoms with Gasteiger partial charge in [0.1, 0.15) is 0 Å². The standard InChI is InChI=1S/C24H27ClN2O6/c1-3-10-31-22-18(25)11-16(12-21(22)30-2)24(29)27-8-6-15(7-9-27)23(28)26-17-4-5-19-20(13-17)33-14-32-19/h4-5,11-13,15H,3,6-10,14H2,1-2H3,(H,26,28). The number of ether oxygens (including phenoxy) is 4. The molecule has 4 rings (SSSR count). The number of halogens is 1. The highest BCUT2D eigenvalue weighted by Crippen LogP contribution is 2.37. The molecule has 1 saturated heterocycles.